The van der Waals surface area contributed by atoms with Crippen molar-refractivity contribution in [3.05, 3.63) is 35.4 Å². The molecule has 138 valence electrons. The van der Waals surface area contributed by atoms with E-state index >= 15 is 0 Å². The van der Waals surface area contributed by atoms with Crippen LogP contribution in [-0.4, -0.2) is 47.2 Å². The molecule has 2 fully saturated rings. The zero-order valence-corrected chi connectivity index (χ0v) is 15.2. The van der Waals surface area contributed by atoms with Gasteiger partial charge in [0.25, 0.3) is 5.91 Å². The first-order valence-electron chi connectivity index (χ1n) is 9.84. The smallest absolute Gasteiger partial charge is 0.260 e. The van der Waals surface area contributed by atoms with Crippen molar-refractivity contribution in [2.75, 3.05) is 19.6 Å². The van der Waals surface area contributed by atoms with E-state index in [1.807, 2.05) is 23.1 Å². The van der Waals surface area contributed by atoms with Gasteiger partial charge in [-0.1, -0.05) is 37.5 Å². The predicted octanol–water partition coefficient (Wildman–Crippen LogP) is 2.64. The van der Waals surface area contributed by atoms with Crippen molar-refractivity contribution in [2.24, 2.45) is 11.8 Å². The number of carbonyl (C=O) groups is 3. The van der Waals surface area contributed by atoms with Crippen molar-refractivity contribution >= 4 is 17.7 Å². The van der Waals surface area contributed by atoms with Crippen molar-refractivity contribution in [1.82, 2.24) is 9.80 Å². The Balaban J connectivity index is 1.36. The lowest BCUT2D eigenvalue weighted by Gasteiger charge is -2.41. The molecular weight excluding hydrogens is 328 g/mol. The fourth-order valence-electron chi connectivity index (χ4n) is 4.82. The number of piperidine rings is 1. The van der Waals surface area contributed by atoms with E-state index in [-0.39, 0.29) is 37.1 Å². The second kappa shape index (κ2) is 7.22. The first kappa shape index (κ1) is 17.3. The highest BCUT2D eigenvalue weighted by Crippen LogP contribution is 2.36. The number of imide groups is 1. The van der Waals surface area contributed by atoms with E-state index < -0.39 is 0 Å². The maximum Gasteiger partial charge on any atom is 0.260 e. The number of carbonyl (C=O) groups excluding carboxylic acids is 3. The molecule has 0 unspecified atom stereocenters. The summed E-state index contributed by atoms with van der Waals surface area (Å²) in [4.78, 5) is 40.8. The van der Waals surface area contributed by atoms with E-state index in [4.69, 9.17) is 0 Å². The fraction of sp³-hybridized carbons (Fsp3) is 0.571. The molecule has 3 aliphatic rings. The number of benzene rings is 1. The monoisotopic (exact) mass is 354 g/mol. The van der Waals surface area contributed by atoms with Crippen LogP contribution in [-0.2, 0) is 16.0 Å². The molecule has 0 N–H and O–H groups in total. The Labute approximate surface area is 154 Å². The van der Waals surface area contributed by atoms with E-state index in [0.717, 1.165) is 31.0 Å². The van der Waals surface area contributed by atoms with Gasteiger partial charge in [0, 0.05) is 31.6 Å². The van der Waals surface area contributed by atoms with Crippen LogP contribution >= 0.6 is 0 Å². The molecule has 1 saturated heterocycles. The van der Waals surface area contributed by atoms with Crippen LogP contribution in [0.3, 0.4) is 0 Å². The van der Waals surface area contributed by atoms with Gasteiger partial charge in [-0.05, 0) is 36.3 Å². The van der Waals surface area contributed by atoms with Gasteiger partial charge in [-0.15, -0.1) is 0 Å². The van der Waals surface area contributed by atoms with Gasteiger partial charge in [0.2, 0.25) is 11.8 Å². The minimum atomic E-state index is -0.268. The third-order valence-corrected chi connectivity index (χ3v) is 6.33. The van der Waals surface area contributed by atoms with E-state index in [1.54, 1.807) is 6.07 Å². The van der Waals surface area contributed by atoms with Gasteiger partial charge in [-0.2, -0.15) is 0 Å². The molecule has 2 aliphatic heterocycles. The van der Waals surface area contributed by atoms with Gasteiger partial charge in [0.15, 0.2) is 0 Å². The Morgan fingerprint density at radius 1 is 1.04 bits per heavy atom. The van der Waals surface area contributed by atoms with Crippen LogP contribution in [0.15, 0.2) is 24.3 Å². The summed E-state index contributed by atoms with van der Waals surface area (Å²) < 4.78 is 0. The van der Waals surface area contributed by atoms with E-state index in [1.165, 1.54) is 30.6 Å². The second-order valence-electron chi connectivity index (χ2n) is 7.87. The number of hydrogen-bond acceptors (Lipinski definition) is 3. The third kappa shape index (κ3) is 3.27. The lowest BCUT2D eigenvalue weighted by atomic mass is 9.75. The summed E-state index contributed by atoms with van der Waals surface area (Å²) in [6, 6.07) is 7.23. The molecule has 0 radical (unpaired) electrons. The molecule has 0 aromatic heterocycles. The van der Waals surface area contributed by atoms with Crippen LogP contribution < -0.4 is 0 Å². The summed E-state index contributed by atoms with van der Waals surface area (Å²) in [6.07, 6.45) is 6.72. The maximum absolute atomic E-state index is 12.7. The largest absolute Gasteiger partial charge is 0.342 e. The van der Waals surface area contributed by atoms with Crippen LogP contribution in [0.4, 0.5) is 0 Å². The summed E-state index contributed by atoms with van der Waals surface area (Å²) in [5.74, 6) is 1.04. The normalized spacial score (nSPS) is 25.7. The zero-order valence-electron chi connectivity index (χ0n) is 15.2. The van der Waals surface area contributed by atoms with E-state index in [2.05, 4.69) is 0 Å². The highest BCUT2D eigenvalue weighted by Gasteiger charge is 2.34. The van der Waals surface area contributed by atoms with Gasteiger partial charge in [0.05, 0.1) is 6.42 Å². The molecule has 26 heavy (non-hydrogen) atoms. The summed E-state index contributed by atoms with van der Waals surface area (Å²) >= 11 is 0. The van der Waals surface area contributed by atoms with Crippen molar-refractivity contribution < 1.29 is 14.4 Å². The van der Waals surface area contributed by atoms with Gasteiger partial charge >= 0.3 is 0 Å². The van der Waals surface area contributed by atoms with Crippen molar-refractivity contribution in [2.45, 2.75) is 44.9 Å². The molecule has 3 amide bonds. The Bertz CT molecular complexity index is 730. The molecule has 0 bridgehead atoms. The highest BCUT2D eigenvalue weighted by atomic mass is 16.2. The topological polar surface area (TPSA) is 57.7 Å². The Morgan fingerprint density at radius 2 is 1.81 bits per heavy atom. The van der Waals surface area contributed by atoms with Crippen molar-refractivity contribution in [3.8, 4) is 0 Å². The van der Waals surface area contributed by atoms with Crippen LogP contribution in [0.25, 0.3) is 0 Å². The fourth-order valence-corrected chi connectivity index (χ4v) is 4.82. The molecule has 1 aromatic carbocycles. The average molecular weight is 354 g/mol. The molecular formula is C21H26N2O3. The highest BCUT2D eigenvalue weighted by molar-refractivity contribution is 6.09. The minimum Gasteiger partial charge on any atom is -0.342 e. The number of nitrogens with zero attached hydrogens (tertiary/aromatic N) is 2. The molecule has 2 heterocycles. The second-order valence-corrected chi connectivity index (χ2v) is 7.87. The zero-order chi connectivity index (χ0) is 18.1. The van der Waals surface area contributed by atoms with Gasteiger partial charge in [-0.25, -0.2) is 0 Å². The van der Waals surface area contributed by atoms with Crippen LogP contribution in [0.2, 0.25) is 0 Å². The van der Waals surface area contributed by atoms with E-state index in [0.29, 0.717) is 11.5 Å². The summed E-state index contributed by atoms with van der Waals surface area (Å²) in [5, 5.41) is 0. The van der Waals surface area contributed by atoms with Crippen LogP contribution in [0, 0.1) is 11.8 Å². The molecule has 5 nitrogen and oxygen atoms in total. The molecule has 4 rings (SSSR count). The summed E-state index contributed by atoms with van der Waals surface area (Å²) in [6.45, 7) is 1.87. The standard InChI is InChI=1S/C21H26N2O3/c24-19(22-11-9-15-5-1-2-7-17(15)14-22)10-12-23-20(25)13-16-6-3-4-8-18(16)21(23)26/h3-4,6,8,15,17H,1-2,5,7,9-14H2/t15-,17-/m1/s1. The first-order valence-corrected chi connectivity index (χ1v) is 9.84. The molecule has 1 aliphatic carbocycles. The van der Waals surface area contributed by atoms with Crippen LogP contribution in [0.5, 0.6) is 0 Å². The molecule has 1 saturated carbocycles. The quantitative estimate of drug-likeness (QED) is 0.784. The summed E-state index contributed by atoms with van der Waals surface area (Å²) in [7, 11) is 0. The lowest BCUT2D eigenvalue weighted by Crippen LogP contribution is -2.47. The van der Waals surface area contributed by atoms with Gasteiger partial charge in [0.1, 0.15) is 0 Å². The number of hydrogen-bond donors (Lipinski definition) is 0. The molecule has 2 atom stereocenters. The average Bonchev–Trinajstić information content (AvgIpc) is 2.67. The predicted molar refractivity (Wildman–Crippen MR) is 97.5 cm³/mol. The van der Waals surface area contributed by atoms with Crippen LogP contribution in [0.1, 0.15) is 54.4 Å². The third-order valence-electron chi connectivity index (χ3n) is 6.33. The molecule has 5 heteroatoms. The molecule has 1 aromatic rings. The number of rotatable bonds is 3. The number of likely N-dealkylation sites (tertiary alicyclic amines) is 1. The maximum atomic E-state index is 12.7. The van der Waals surface area contributed by atoms with E-state index in [9.17, 15) is 14.4 Å². The summed E-state index contributed by atoms with van der Waals surface area (Å²) in [5.41, 5.74) is 1.37. The lowest BCUT2D eigenvalue weighted by molar-refractivity contribution is -0.135. The first-order chi connectivity index (χ1) is 12.6. The Morgan fingerprint density at radius 3 is 2.65 bits per heavy atom. The minimum absolute atomic E-state index is 0.0773. The Hall–Kier alpha value is -2.17. The van der Waals surface area contributed by atoms with Gasteiger partial charge in [-0.3, -0.25) is 19.3 Å². The number of fused-ring (bicyclic) bond motifs is 2. The Kier molecular flexibility index (Phi) is 4.79. The van der Waals surface area contributed by atoms with Crippen molar-refractivity contribution in [3.63, 3.8) is 0 Å². The van der Waals surface area contributed by atoms with Crippen molar-refractivity contribution in [1.29, 1.82) is 0 Å². The molecule has 0 spiro atoms. The SMILES string of the molecule is O=C(CCN1C(=O)Cc2ccccc2C1=O)N1CC[C@H]2CCCC[C@@H]2C1. The number of amides is 3. The van der Waals surface area contributed by atoms with Gasteiger partial charge < -0.3 is 4.90 Å².